The van der Waals surface area contributed by atoms with Gasteiger partial charge in [0.15, 0.2) is 0 Å². The summed E-state index contributed by atoms with van der Waals surface area (Å²) in [6, 6.07) is 10.7. The largest absolute Gasteiger partial charge is 0.496 e. The third-order valence-corrected chi connectivity index (χ3v) is 11.9. The first-order valence-corrected chi connectivity index (χ1v) is 21.1. The van der Waals surface area contributed by atoms with Crippen LogP contribution in [0.3, 0.4) is 0 Å². The highest BCUT2D eigenvalue weighted by atomic mass is 79.9. The van der Waals surface area contributed by atoms with Gasteiger partial charge in [-0.1, -0.05) is 6.07 Å². The predicted molar refractivity (Wildman–Crippen MR) is 230 cm³/mol. The number of halogens is 5. The highest BCUT2D eigenvalue weighted by Gasteiger charge is 2.52. The number of nitrogens with zero attached hydrogens (tertiary/aromatic N) is 6. The number of hydrogen-bond donors (Lipinski definition) is 2. The third kappa shape index (κ3) is 10.0. The number of pyridine rings is 2. The van der Waals surface area contributed by atoms with Gasteiger partial charge < -0.3 is 38.5 Å². The molecule has 0 saturated carbocycles. The summed E-state index contributed by atoms with van der Waals surface area (Å²) < 4.78 is 86.9. The Morgan fingerprint density at radius 3 is 1.45 bits per heavy atom. The number of rotatable bonds is 8. The lowest BCUT2D eigenvalue weighted by atomic mass is 9.80. The molecule has 18 nitrogen and oxygen atoms in total. The van der Waals surface area contributed by atoms with Gasteiger partial charge in [-0.15, -0.1) is 0 Å². The van der Waals surface area contributed by atoms with Crippen LogP contribution in [0, 0.1) is 23.3 Å². The van der Waals surface area contributed by atoms with Gasteiger partial charge in [-0.2, -0.15) is 0 Å². The van der Waals surface area contributed by atoms with E-state index in [1.54, 1.807) is 12.3 Å². The normalized spacial score (nSPS) is 20.7. The summed E-state index contributed by atoms with van der Waals surface area (Å²) in [5.41, 5.74) is -0.00383. The first-order valence-electron chi connectivity index (χ1n) is 20.3. The Morgan fingerprint density at radius 1 is 0.652 bits per heavy atom. The van der Waals surface area contributed by atoms with Crippen molar-refractivity contribution in [2.45, 2.75) is 51.1 Å². The monoisotopic (exact) mass is 988 g/mol. The van der Waals surface area contributed by atoms with Crippen LogP contribution in [0.15, 0.2) is 65.4 Å². The van der Waals surface area contributed by atoms with Gasteiger partial charge in [-0.25, -0.2) is 46.7 Å². The van der Waals surface area contributed by atoms with Crippen LogP contribution in [-0.4, -0.2) is 128 Å². The SMILES string of the molecule is CC1(C)OB(c2ccc(N3CCOC3=O)nc2)OC1(C)C.O=C1O[C@@H](CO)CN1c1cc(F)c(-c2ccc(N3CCOC3=O)nc2)c(F)c1.O=C1O[C@@H](CO)CN1c1cc(F)c(Br)c(F)c1. The molecule has 4 amide bonds. The Balaban J connectivity index is 0.000000152. The maximum absolute atomic E-state index is 14.6. The van der Waals surface area contributed by atoms with E-state index < -0.39 is 60.9 Å². The van der Waals surface area contributed by atoms with E-state index in [0.29, 0.717) is 31.3 Å². The minimum absolute atomic E-state index is 0.00422. The van der Waals surface area contributed by atoms with Gasteiger partial charge in [-0.3, -0.25) is 19.6 Å². The van der Waals surface area contributed by atoms with E-state index in [1.165, 1.54) is 28.1 Å². The van der Waals surface area contributed by atoms with Crippen molar-refractivity contribution in [1.82, 2.24) is 9.97 Å². The fourth-order valence-electron chi connectivity index (χ4n) is 6.92. The maximum atomic E-state index is 14.6. The zero-order valence-corrected chi connectivity index (χ0v) is 37.3. The van der Waals surface area contributed by atoms with E-state index in [4.69, 9.17) is 38.5 Å². The van der Waals surface area contributed by atoms with Gasteiger partial charge in [0.25, 0.3) is 0 Å². The Morgan fingerprint density at radius 2 is 1.09 bits per heavy atom. The molecule has 2 aromatic heterocycles. The molecule has 0 bridgehead atoms. The molecule has 5 fully saturated rings. The van der Waals surface area contributed by atoms with Crippen LogP contribution in [0.5, 0.6) is 0 Å². The van der Waals surface area contributed by atoms with Crippen LogP contribution in [0.25, 0.3) is 11.1 Å². The lowest BCUT2D eigenvalue weighted by Gasteiger charge is -2.32. The molecule has 0 radical (unpaired) electrons. The van der Waals surface area contributed by atoms with Crippen molar-refractivity contribution in [2.75, 3.05) is 72.2 Å². The molecular formula is C42H42BBrF4N6O12. The number of carbonyl (C=O) groups excluding carboxylic acids is 4. The van der Waals surface area contributed by atoms with Crippen molar-refractivity contribution in [1.29, 1.82) is 0 Å². The third-order valence-electron chi connectivity index (χ3n) is 11.2. The lowest BCUT2D eigenvalue weighted by Crippen LogP contribution is -2.41. The first kappa shape index (κ1) is 47.9. The van der Waals surface area contributed by atoms with Gasteiger partial charge in [0.05, 0.1) is 72.0 Å². The number of aliphatic hydroxyl groups excluding tert-OH is 2. The van der Waals surface area contributed by atoms with Crippen LogP contribution >= 0.6 is 15.9 Å². The molecule has 7 heterocycles. The quantitative estimate of drug-likeness (QED) is 0.0945. The summed E-state index contributed by atoms with van der Waals surface area (Å²) in [7, 11) is -0.443. The van der Waals surface area contributed by atoms with Crippen LogP contribution in [0.4, 0.5) is 59.8 Å². The molecule has 2 N–H and O–H groups in total. The average Bonchev–Trinajstić information content (AvgIpc) is 4.12. The van der Waals surface area contributed by atoms with Crippen LogP contribution in [0.1, 0.15) is 27.7 Å². The molecule has 5 saturated heterocycles. The maximum Gasteiger partial charge on any atom is 0.496 e. The van der Waals surface area contributed by atoms with Crippen molar-refractivity contribution in [3.8, 4) is 11.1 Å². The number of cyclic esters (lactones) is 4. The van der Waals surface area contributed by atoms with E-state index in [0.717, 1.165) is 39.5 Å². The topological polar surface area (TPSA) is 203 Å². The minimum Gasteiger partial charge on any atom is -0.447 e. The highest BCUT2D eigenvalue weighted by molar-refractivity contribution is 9.10. The second-order valence-electron chi connectivity index (χ2n) is 16.1. The highest BCUT2D eigenvalue weighted by Crippen LogP contribution is 2.37. The molecule has 24 heteroatoms. The zero-order valence-electron chi connectivity index (χ0n) is 35.7. The Bertz CT molecular complexity index is 2430. The Labute approximate surface area is 383 Å². The van der Waals surface area contributed by atoms with Gasteiger partial charge >= 0.3 is 31.5 Å². The fraction of sp³-hybridized carbons (Fsp3) is 0.381. The number of aromatic nitrogens is 2. The smallest absolute Gasteiger partial charge is 0.447 e. The number of aliphatic hydroxyl groups is 2. The van der Waals surface area contributed by atoms with Gasteiger partial charge in [0.1, 0.15) is 60.3 Å². The molecule has 4 aromatic rings. The van der Waals surface area contributed by atoms with Gasteiger partial charge in [0, 0.05) is 23.4 Å². The zero-order chi connectivity index (χ0) is 47.7. The molecule has 9 rings (SSSR count). The number of amides is 4. The van der Waals surface area contributed by atoms with Gasteiger partial charge in [-0.05, 0) is 86.1 Å². The second-order valence-corrected chi connectivity index (χ2v) is 16.9. The van der Waals surface area contributed by atoms with E-state index in [9.17, 15) is 36.7 Å². The van der Waals surface area contributed by atoms with Crippen molar-refractivity contribution in [3.63, 3.8) is 0 Å². The molecule has 0 aliphatic carbocycles. The molecule has 2 aromatic carbocycles. The minimum atomic E-state index is -0.884. The van der Waals surface area contributed by atoms with E-state index in [2.05, 4.69) is 25.9 Å². The molecule has 5 aliphatic heterocycles. The Hall–Kier alpha value is -6.08. The predicted octanol–water partition coefficient (Wildman–Crippen LogP) is 5.68. The van der Waals surface area contributed by atoms with E-state index >= 15 is 0 Å². The molecular weight excluding hydrogens is 947 g/mol. The molecule has 5 aliphatic rings. The number of carbonyl (C=O) groups is 4. The Kier molecular flexibility index (Phi) is 14.1. The summed E-state index contributed by atoms with van der Waals surface area (Å²) in [5.74, 6) is -2.48. The molecule has 2 atom stereocenters. The van der Waals surface area contributed by atoms with Crippen LogP contribution in [0.2, 0.25) is 0 Å². The van der Waals surface area contributed by atoms with Crippen LogP contribution < -0.4 is 25.1 Å². The number of anilines is 4. The van der Waals surface area contributed by atoms with E-state index in [-0.39, 0.29) is 77.2 Å². The van der Waals surface area contributed by atoms with Crippen molar-refractivity contribution >= 4 is 75.9 Å². The van der Waals surface area contributed by atoms with Crippen molar-refractivity contribution in [3.05, 3.63) is 88.7 Å². The van der Waals surface area contributed by atoms with Crippen molar-refractivity contribution in [2.24, 2.45) is 0 Å². The second kappa shape index (κ2) is 19.4. The number of benzene rings is 2. The summed E-state index contributed by atoms with van der Waals surface area (Å²) in [4.78, 5) is 59.6. The molecule has 66 heavy (non-hydrogen) atoms. The summed E-state index contributed by atoms with van der Waals surface area (Å²) in [5, 5.41) is 17.9. The average molecular weight is 990 g/mol. The number of ether oxygens (including phenoxy) is 4. The van der Waals surface area contributed by atoms with Gasteiger partial charge in [0.2, 0.25) is 0 Å². The standard InChI is InChI=1S/C18H15F2N3O5.C14H19BN2O4.C10H8BrF2NO3/c19-13-5-11(23-8-12(9-24)28-18(23)26)6-14(20)16(13)10-1-2-15(21-7-10)22-3-4-27-17(22)25;1-13(2)14(3,4)21-15(20-13)10-5-6-11(16-9-10)17-7-8-19-12(17)18;11-9-7(12)1-5(2-8(9)13)14-3-6(4-15)17-10(14)16/h1-2,5-7,12,24H,3-4,8-9H2;5-6,9H,7-8H2,1-4H3;1-2,6,15H,3-4H2/t12-;;6-/m1.1/s1. The van der Waals surface area contributed by atoms with Crippen LogP contribution in [-0.2, 0) is 28.3 Å². The summed E-state index contributed by atoms with van der Waals surface area (Å²) in [6.07, 6.45) is -0.868. The van der Waals surface area contributed by atoms with E-state index in [1.807, 2.05) is 33.8 Å². The first-order chi connectivity index (χ1) is 31.3. The molecule has 0 spiro atoms. The molecule has 350 valence electrons. The number of hydrogen-bond acceptors (Lipinski definition) is 14. The summed E-state index contributed by atoms with van der Waals surface area (Å²) >= 11 is 2.74. The molecule has 0 unspecified atom stereocenters. The van der Waals surface area contributed by atoms with Crippen molar-refractivity contribution < 1.29 is 75.2 Å². The fourth-order valence-corrected chi connectivity index (χ4v) is 7.15. The lowest BCUT2D eigenvalue weighted by molar-refractivity contribution is 0.00578. The summed E-state index contributed by atoms with van der Waals surface area (Å²) in [6.45, 7) is 8.92.